The first kappa shape index (κ1) is 25.8. The number of hydrogen-bond donors (Lipinski definition) is 1. The van der Waals surface area contributed by atoms with Crippen molar-refractivity contribution in [3.8, 4) is 5.69 Å². The fourth-order valence-electron chi connectivity index (χ4n) is 5.17. The average Bonchev–Trinajstić information content (AvgIpc) is 3.39. The van der Waals surface area contributed by atoms with E-state index in [1.165, 1.54) is 12.1 Å². The number of benzene rings is 2. The zero-order valence-electron chi connectivity index (χ0n) is 21.5. The van der Waals surface area contributed by atoms with Crippen molar-refractivity contribution in [1.29, 1.82) is 0 Å². The summed E-state index contributed by atoms with van der Waals surface area (Å²) in [5.41, 5.74) is 5.22. The first-order valence-corrected chi connectivity index (χ1v) is 12.6. The summed E-state index contributed by atoms with van der Waals surface area (Å²) in [4.78, 5) is 8.71. The molecule has 2 aromatic carbocycles. The lowest BCUT2D eigenvalue weighted by Gasteiger charge is -2.28. The van der Waals surface area contributed by atoms with Crippen molar-refractivity contribution in [1.82, 2.24) is 14.9 Å². The number of aromatic nitrogens is 2. The number of nitrogens with one attached hydrogen (secondary N) is 1. The molecular weight excluding hydrogens is 507 g/mol. The summed E-state index contributed by atoms with van der Waals surface area (Å²) in [5.74, 6) is 0. The van der Waals surface area contributed by atoms with Crippen molar-refractivity contribution in [3.63, 3.8) is 0 Å². The van der Waals surface area contributed by atoms with Crippen LogP contribution in [0.5, 0.6) is 0 Å². The molecule has 196 valence electrons. The minimum atomic E-state index is -4.42. The SMILES string of the molecule is Cc1cc([C@H]2[C@H](c3ccccn3)NC(=S)N2c2ccc(N(C)C)cc2)c(C)n1-c1cccc(C(F)(F)F)c1. The monoisotopic (exact) mass is 535 g/mol. The lowest BCUT2D eigenvalue weighted by Crippen LogP contribution is -2.29. The molecule has 1 aliphatic rings. The van der Waals surface area contributed by atoms with Gasteiger partial charge in [-0.2, -0.15) is 13.2 Å². The van der Waals surface area contributed by atoms with Crippen LogP contribution < -0.4 is 15.1 Å². The van der Waals surface area contributed by atoms with E-state index in [-0.39, 0.29) is 12.1 Å². The molecule has 1 aliphatic heterocycles. The number of nitrogens with zero attached hydrogens (tertiary/aromatic N) is 4. The van der Waals surface area contributed by atoms with Crippen molar-refractivity contribution < 1.29 is 13.2 Å². The summed E-state index contributed by atoms with van der Waals surface area (Å²) in [6.07, 6.45) is -2.67. The fraction of sp³-hybridized carbons (Fsp3) is 0.241. The molecule has 2 atom stereocenters. The molecule has 0 unspecified atom stereocenters. The Bertz CT molecular complexity index is 1460. The molecule has 1 fully saturated rings. The normalized spacial score (nSPS) is 17.6. The molecule has 4 aromatic rings. The summed E-state index contributed by atoms with van der Waals surface area (Å²) >= 11 is 5.84. The molecule has 9 heteroatoms. The second-order valence-electron chi connectivity index (χ2n) is 9.62. The number of aryl methyl sites for hydroxylation is 1. The van der Waals surface area contributed by atoms with Gasteiger partial charge in [-0.25, -0.2) is 0 Å². The summed E-state index contributed by atoms with van der Waals surface area (Å²) in [6.45, 7) is 3.84. The average molecular weight is 536 g/mol. The zero-order chi connectivity index (χ0) is 27.2. The molecule has 0 aliphatic carbocycles. The van der Waals surface area contributed by atoms with E-state index in [0.717, 1.165) is 40.1 Å². The Morgan fingerprint density at radius 3 is 2.29 bits per heavy atom. The zero-order valence-corrected chi connectivity index (χ0v) is 22.3. The molecule has 38 heavy (non-hydrogen) atoms. The Labute approximate surface area is 225 Å². The Kier molecular flexibility index (Phi) is 6.65. The first-order chi connectivity index (χ1) is 18.1. The van der Waals surface area contributed by atoms with Crippen LogP contribution in [-0.2, 0) is 6.18 Å². The van der Waals surface area contributed by atoms with Gasteiger partial charge in [0.2, 0.25) is 0 Å². The standard InChI is InChI=1S/C29H28F3N5S/c1-18-16-24(19(2)36(18)23-9-7-8-20(17-23)29(30,31)32)27-26(25-10-5-6-15-33-25)34-28(38)37(27)22-13-11-21(12-14-22)35(3)4/h5-17,26-27H,1-4H3,(H,34,38)/t26-,27-/m0/s1. The third-order valence-corrected chi connectivity index (χ3v) is 7.28. The lowest BCUT2D eigenvalue weighted by molar-refractivity contribution is -0.137. The number of hydrogen-bond acceptors (Lipinski definition) is 3. The predicted molar refractivity (Wildman–Crippen MR) is 149 cm³/mol. The maximum atomic E-state index is 13.5. The van der Waals surface area contributed by atoms with Gasteiger partial charge in [0.1, 0.15) is 0 Å². The van der Waals surface area contributed by atoms with Gasteiger partial charge >= 0.3 is 6.18 Å². The molecule has 1 saturated heterocycles. The summed E-state index contributed by atoms with van der Waals surface area (Å²) in [6, 6.07) is 20.8. The van der Waals surface area contributed by atoms with Gasteiger partial charge in [-0.3, -0.25) is 4.98 Å². The highest BCUT2D eigenvalue weighted by Crippen LogP contribution is 2.44. The van der Waals surface area contributed by atoms with E-state index in [9.17, 15) is 13.2 Å². The van der Waals surface area contributed by atoms with Gasteiger partial charge in [0.15, 0.2) is 5.11 Å². The molecule has 0 bridgehead atoms. The molecular formula is C29H28F3N5S. The minimum absolute atomic E-state index is 0.257. The Hall–Kier alpha value is -3.85. The van der Waals surface area contributed by atoms with Crippen molar-refractivity contribution in [2.24, 2.45) is 0 Å². The van der Waals surface area contributed by atoms with E-state index in [2.05, 4.69) is 15.2 Å². The Morgan fingerprint density at radius 2 is 1.66 bits per heavy atom. The number of anilines is 2. The minimum Gasteiger partial charge on any atom is -0.378 e. The van der Waals surface area contributed by atoms with Crippen LogP contribution in [0.1, 0.15) is 40.3 Å². The number of pyridine rings is 1. The summed E-state index contributed by atoms with van der Waals surface area (Å²) in [5, 5.41) is 4.02. The number of thiocarbonyl (C=S) groups is 1. The highest BCUT2D eigenvalue weighted by atomic mass is 32.1. The molecule has 0 amide bonds. The molecule has 3 heterocycles. The van der Waals surface area contributed by atoms with Crippen LogP contribution >= 0.6 is 12.2 Å². The van der Waals surface area contributed by atoms with Gasteiger partial charge in [-0.05, 0) is 92.3 Å². The van der Waals surface area contributed by atoms with Crippen molar-refractivity contribution in [2.45, 2.75) is 32.1 Å². The van der Waals surface area contributed by atoms with Gasteiger partial charge in [-0.1, -0.05) is 12.1 Å². The predicted octanol–water partition coefficient (Wildman–Crippen LogP) is 6.75. The smallest absolute Gasteiger partial charge is 0.378 e. The number of alkyl halides is 3. The fourth-order valence-corrected chi connectivity index (χ4v) is 5.51. The van der Waals surface area contributed by atoms with Gasteiger partial charge in [0, 0.05) is 48.7 Å². The molecule has 0 saturated carbocycles. The third kappa shape index (κ3) is 4.62. The van der Waals surface area contributed by atoms with E-state index in [0.29, 0.717) is 10.8 Å². The van der Waals surface area contributed by atoms with E-state index >= 15 is 0 Å². The third-order valence-electron chi connectivity index (χ3n) is 6.96. The van der Waals surface area contributed by atoms with Crippen molar-refractivity contribution in [3.05, 3.63) is 107 Å². The van der Waals surface area contributed by atoms with Crippen LogP contribution in [0.25, 0.3) is 5.69 Å². The highest BCUT2D eigenvalue weighted by molar-refractivity contribution is 7.80. The maximum Gasteiger partial charge on any atom is 0.416 e. The maximum absolute atomic E-state index is 13.5. The van der Waals surface area contributed by atoms with Crippen LogP contribution in [0.3, 0.4) is 0 Å². The van der Waals surface area contributed by atoms with Crippen LogP contribution in [0.4, 0.5) is 24.5 Å². The highest BCUT2D eigenvalue weighted by Gasteiger charge is 2.42. The topological polar surface area (TPSA) is 36.3 Å². The molecule has 0 radical (unpaired) electrons. The molecule has 5 nitrogen and oxygen atoms in total. The summed E-state index contributed by atoms with van der Waals surface area (Å²) in [7, 11) is 3.97. The van der Waals surface area contributed by atoms with Gasteiger partial charge in [0.25, 0.3) is 0 Å². The van der Waals surface area contributed by atoms with Crippen LogP contribution in [0, 0.1) is 13.8 Å². The van der Waals surface area contributed by atoms with Crippen LogP contribution in [0.15, 0.2) is 79.0 Å². The molecule has 1 N–H and O–H groups in total. The van der Waals surface area contributed by atoms with Crippen molar-refractivity contribution in [2.75, 3.05) is 23.9 Å². The quantitative estimate of drug-likeness (QED) is 0.286. The molecule has 5 rings (SSSR count). The molecule has 0 spiro atoms. The largest absolute Gasteiger partial charge is 0.416 e. The van der Waals surface area contributed by atoms with Gasteiger partial charge < -0.3 is 19.7 Å². The second kappa shape index (κ2) is 9.79. The number of halogens is 3. The Balaban J connectivity index is 1.65. The first-order valence-electron chi connectivity index (χ1n) is 12.2. The van der Waals surface area contributed by atoms with E-state index in [1.807, 2.05) is 85.9 Å². The van der Waals surface area contributed by atoms with Crippen molar-refractivity contribution >= 4 is 28.7 Å². The summed E-state index contributed by atoms with van der Waals surface area (Å²) < 4.78 is 42.3. The van der Waals surface area contributed by atoms with E-state index in [4.69, 9.17) is 12.2 Å². The van der Waals surface area contributed by atoms with Gasteiger partial charge in [-0.15, -0.1) is 0 Å². The van der Waals surface area contributed by atoms with Crippen LogP contribution in [-0.4, -0.2) is 28.8 Å². The van der Waals surface area contributed by atoms with Crippen LogP contribution in [0.2, 0.25) is 0 Å². The second-order valence-corrected chi connectivity index (χ2v) is 10.0. The number of rotatable bonds is 5. The molecule has 2 aromatic heterocycles. The lowest BCUT2D eigenvalue weighted by atomic mass is 9.96. The van der Waals surface area contributed by atoms with Gasteiger partial charge in [0.05, 0.1) is 23.3 Å². The van der Waals surface area contributed by atoms with E-state index < -0.39 is 11.7 Å². The Morgan fingerprint density at radius 1 is 0.921 bits per heavy atom. The van der Waals surface area contributed by atoms with E-state index in [1.54, 1.807) is 12.3 Å².